The lowest BCUT2D eigenvalue weighted by Crippen LogP contribution is -2.21. The topological polar surface area (TPSA) is 24.4 Å². The van der Waals surface area contributed by atoms with Crippen LogP contribution in [-0.2, 0) is 0 Å². The van der Waals surface area contributed by atoms with Gasteiger partial charge in [0.1, 0.15) is 5.82 Å². The number of anilines is 1. The smallest absolute Gasteiger partial charge is 0.161 e. The minimum absolute atomic E-state index is 0.162. The Morgan fingerprint density at radius 1 is 1.37 bits per heavy atom. The van der Waals surface area contributed by atoms with Gasteiger partial charge in [0.05, 0.1) is 10.0 Å². The second-order valence-electron chi connectivity index (χ2n) is 5.34. The molecular weight excluding hydrogens is 327 g/mol. The van der Waals surface area contributed by atoms with Gasteiger partial charge in [0.15, 0.2) is 5.17 Å². The third kappa shape index (κ3) is 2.68. The molecule has 0 saturated heterocycles. The molecule has 1 aromatic carbocycles. The minimum atomic E-state index is -0.243. The van der Waals surface area contributed by atoms with E-state index in [2.05, 4.69) is 21.2 Å². The molecule has 19 heavy (non-hydrogen) atoms. The Balaban J connectivity index is 1.81. The van der Waals surface area contributed by atoms with E-state index in [0.717, 1.165) is 22.2 Å². The van der Waals surface area contributed by atoms with Crippen molar-refractivity contribution in [2.24, 2.45) is 4.99 Å². The highest BCUT2D eigenvalue weighted by Crippen LogP contribution is 2.41. The number of benzene rings is 1. The zero-order chi connectivity index (χ0) is 13.5. The average molecular weight is 343 g/mol. The number of nitrogens with one attached hydrogen (secondary N) is 1. The Labute approximate surface area is 125 Å². The number of rotatable bonds is 1. The van der Waals surface area contributed by atoms with Crippen LogP contribution in [0.3, 0.4) is 0 Å². The van der Waals surface area contributed by atoms with Crippen LogP contribution in [0.1, 0.15) is 31.2 Å². The van der Waals surface area contributed by atoms with Gasteiger partial charge in [-0.15, -0.1) is 0 Å². The van der Waals surface area contributed by atoms with Crippen LogP contribution in [0.15, 0.2) is 21.6 Å². The van der Waals surface area contributed by atoms with E-state index in [-0.39, 0.29) is 11.4 Å². The van der Waals surface area contributed by atoms with E-state index < -0.39 is 0 Å². The van der Waals surface area contributed by atoms with Crippen molar-refractivity contribution in [2.75, 3.05) is 11.1 Å². The van der Waals surface area contributed by atoms with Gasteiger partial charge in [0.2, 0.25) is 0 Å². The molecule has 0 bridgehead atoms. The number of hydrogen-bond acceptors (Lipinski definition) is 3. The summed E-state index contributed by atoms with van der Waals surface area (Å²) in [5.74, 6) is 0.820. The Morgan fingerprint density at radius 3 is 2.84 bits per heavy atom. The van der Waals surface area contributed by atoms with E-state index in [1.54, 1.807) is 17.8 Å². The largest absolute Gasteiger partial charge is 0.335 e. The average Bonchev–Trinajstić information content (AvgIpc) is 2.98. The lowest BCUT2D eigenvalue weighted by atomic mass is 10.0. The van der Waals surface area contributed by atoms with Crippen molar-refractivity contribution >= 4 is 38.5 Å². The summed E-state index contributed by atoms with van der Waals surface area (Å²) in [6.45, 7) is 1.97. The van der Waals surface area contributed by atoms with Gasteiger partial charge < -0.3 is 5.32 Å². The second kappa shape index (κ2) is 5.09. The molecule has 102 valence electrons. The number of hydrogen-bond donors (Lipinski definition) is 1. The molecule has 1 aliphatic carbocycles. The van der Waals surface area contributed by atoms with Gasteiger partial charge in [-0.1, -0.05) is 24.6 Å². The van der Waals surface area contributed by atoms with Crippen molar-refractivity contribution in [1.29, 1.82) is 0 Å². The normalized spacial score (nSPS) is 20.9. The molecule has 5 heteroatoms. The fraction of sp³-hybridized carbons (Fsp3) is 0.500. The summed E-state index contributed by atoms with van der Waals surface area (Å²) in [5.41, 5.74) is 1.99. The molecule has 2 nitrogen and oxygen atoms in total. The molecule has 1 spiro atoms. The summed E-state index contributed by atoms with van der Waals surface area (Å²) in [5, 5.41) is 4.22. The monoisotopic (exact) mass is 342 g/mol. The first-order valence-corrected chi connectivity index (χ1v) is 8.31. The summed E-state index contributed by atoms with van der Waals surface area (Å²) in [6, 6.07) is 3.32. The summed E-state index contributed by atoms with van der Waals surface area (Å²) in [4.78, 5) is 4.84. The van der Waals surface area contributed by atoms with Crippen LogP contribution in [0.5, 0.6) is 0 Å². The Kier molecular flexibility index (Phi) is 3.60. The number of halogens is 2. The first-order valence-electron chi connectivity index (χ1n) is 6.53. The highest BCUT2D eigenvalue weighted by Gasteiger charge is 2.38. The van der Waals surface area contributed by atoms with Crippen LogP contribution in [0.25, 0.3) is 0 Å². The lowest BCUT2D eigenvalue weighted by Gasteiger charge is -2.16. The van der Waals surface area contributed by atoms with E-state index in [0.29, 0.717) is 4.47 Å². The summed E-state index contributed by atoms with van der Waals surface area (Å²) in [6.07, 6.45) is 4.95. The van der Waals surface area contributed by atoms with Crippen LogP contribution in [0.2, 0.25) is 0 Å². The molecule has 1 heterocycles. The Bertz CT molecular complexity index is 538. The summed E-state index contributed by atoms with van der Waals surface area (Å²) < 4.78 is 14.1. The molecule has 0 aromatic heterocycles. The molecule has 1 aromatic rings. The minimum Gasteiger partial charge on any atom is -0.335 e. The van der Waals surface area contributed by atoms with E-state index in [1.165, 1.54) is 31.7 Å². The van der Waals surface area contributed by atoms with E-state index in [9.17, 15) is 4.39 Å². The third-order valence-corrected chi connectivity index (χ3v) is 5.62. The van der Waals surface area contributed by atoms with Crippen molar-refractivity contribution in [3.05, 3.63) is 28.0 Å². The lowest BCUT2D eigenvalue weighted by molar-refractivity contribution is 0.508. The van der Waals surface area contributed by atoms with Crippen molar-refractivity contribution < 1.29 is 4.39 Å². The van der Waals surface area contributed by atoms with Crippen LogP contribution in [0.4, 0.5) is 10.1 Å². The Hall–Kier alpha value is -0.550. The van der Waals surface area contributed by atoms with E-state index >= 15 is 0 Å². The first kappa shape index (κ1) is 13.4. The van der Waals surface area contributed by atoms with E-state index in [4.69, 9.17) is 4.99 Å². The van der Waals surface area contributed by atoms with Crippen LogP contribution >= 0.6 is 27.7 Å². The molecule has 1 fully saturated rings. The Morgan fingerprint density at radius 2 is 2.11 bits per heavy atom. The van der Waals surface area contributed by atoms with Gasteiger partial charge in [-0.2, -0.15) is 0 Å². The number of aryl methyl sites for hydroxylation is 1. The maximum absolute atomic E-state index is 13.6. The highest BCUT2D eigenvalue weighted by molar-refractivity contribution is 9.10. The molecule has 0 unspecified atom stereocenters. The van der Waals surface area contributed by atoms with Crippen LogP contribution in [0, 0.1) is 12.7 Å². The number of thioether (sulfide) groups is 1. The van der Waals surface area contributed by atoms with Gasteiger partial charge in [0.25, 0.3) is 0 Å². The molecule has 1 saturated carbocycles. The standard InChI is InChI=1S/C14H16BrFN2S/c1-9-6-10(15)11(16)7-12(9)17-13-18-14(8-19-13)4-2-3-5-14/h6-7H,2-5,8H2,1H3,(H,17,18). The quantitative estimate of drug-likeness (QED) is 0.798. The molecule has 0 amide bonds. The second-order valence-corrected chi connectivity index (χ2v) is 7.16. The molecular formula is C14H16BrFN2S. The third-order valence-electron chi connectivity index (χ3n) is 3.86. The molecule has 2 aliphatic rings. The summed E-state index contributed by atoms with van der Waals surface area (Å²) in [7, 11) is 0. The molecule has 1 N–H and O–H groups in total. The van der Waals surface area contributed by atoms with Gasteiger partial charge >= 0.3 is 0 Å². The molecule has 0 atom stereocenters. The van der Waals surface area contributed by atoms with Crippen LogP contribution < -0.4 is 5.32 Å². The zero-order valence-corrected chi connectivity index (χ0v) is 13.2. The van der Waals surface area contributed by atoms with Crippen molar-refractivity contribution in [3.63, 3.8) is 0 Å². The number of nitrogens with zero attached hydrogens (tertiary/aromatic N) is 1. The SMILES string of the molecule is Cc1cc(Br)c(F)cc1NC1=NC2(CCCC2)CS1. The molecule has 1 aliphatic heterocycles. The number of aliphatic imine (C=N–C) groups is 1. The van der Waals surface area contributed by atoms with Crippen molar-refractivity contribution in [1.82, 2.24) is 0 Å². The maximum Gasteiger partial charge on any atom is 0.161 e. The molecule has 0 radical (unpaired) electrons. The fourth-order valence-electron chi connectivity index (χ4n) is 2.73. The highest BCUT2D eigenvalue weighted by atomic mass is 79.9. The van der Waals surface area contributed by atoms with Crippen LogP contribution in [-0.4, -0.2) is 16.5 Å². The fourth-order valence-corrected chi connectivity index (χ4v) is 4.39. The predicted molar refractivity (Wildman–Crippen MR) is 83.6 cm³/mol. The zero-order valence-electron chi connectivity index (χ0n) is 10.8. The van der Waals surface area contributed by atoms with Gasteiger partial charge in [-0.3, -0.25) is 4.99 Å². The van der Waals surface area contributed by atoms with Gasteiger partial charge in [-0.25, -0.2) is 4.39 Å². The molecule has 3 rings (SSSR count). The van der Waals surface area contributed by atoms with Gasteiger partial charge in [0, 0.05) is 11.4 Å². The summed E-state index contributed by atoms with van der Waals surface area (Å²) >= 11 is 4.96. The van der Waals surface area contributed by atoms with Crippen molar-refractivity contribution in [3.8, 4) is 0 Å². The van der Waals surface area contributed by atoms with E-state index in [1.807, 2.05) is 6.92 Å². The maximum atomic E-state index is 13.6. The van der Waals surface area contributed by atoms with Gasteiger partial charge in [-0.05, 0) is 53.4 Å². The predicted octanol–water partition coefficient (Wildman–Crippen LogP) is 4.72. The van der Waals surface area contributed by atoms with Crippen molar-refractivity contribution in [2.45, 2.75) is 38.1 Å². The first-order chi connectivity index (χ1) is 9.08. The number of amidine groups is 1.